The molecule has 1 aliphatic rings. The minimum atomic E-state index is -0.288. The van der Waals surface area contributed by atoms with E-state index in [-0.39, 0.29) is 12.0 Å². The van der Waals surface area contributed by atoms with E-state index in [1.54, 1.807) is 13.0 Å². The smallest absolute Gasteiger partial charge is 0.274 e. The van der Waals surface area contributed by atoms with Crippen molar-refractivity contribution in [3.05, 3.63) is 89.4 Å². The molecule has 0 aliphatic carbocycles. The third kappa shape index (κ3) is 3.11. The summed E-state index contributed by atoms with van der Waals surface area (Å²) in [6.07, 6.45) is 1.93. The number of fused-ring (bicyclic) bond motifs is 1. The monoisotopic (exact) mass is 346 g/mol. The largest absolute Gasteiger partial charge is 0.485 e. The molecule has 0 saturated carbocycles. The molecule has 0 bridgehead atoms. The van der Waals surface area contributed by atoms with E-state index >= 15 is 0 Å². The Labute approximate surface area is 151 Å². The maximum Gasteiger partial charge on any atom is 0.274 e. The number of rotatable bonds is 3. The molecule has 0 saturated heterocycles. The van der Waals surface area contributed by atoms with Gasteiger partial charge in [0, 0.05) is 12.0 Å². The number of hydrogen-bond acceptors (Lipinski definition) is 4. The average molecular weight is 346 g/mol. The summed E-state index contributed by atoms with van der Waals surface area (Å²) in [4.78, 5) is 12.3. The van der Waals surface area contributed by atoms with E-state index in [0.29, 0.717) is 17.7 Å². The minimum absolute atomic E-state index is 0.141. The lowest BCUT2D eigenvalue weighted by molar-refractivity contribution is 0.0952. The van der Waals surface area contributed by atoms with Gasteiger partial charge in [-0.3, -0.25) is 4.79 Å². The molecular weight excluding hydrogens is 328 g/mol. The summed E-state index contributed by atoms with van der Waals surface area (Å²) in [5.41, 5.74) is 5.88. The van der Waals surface area contributed by atoms with Crippen LogP contribution >= 0.6 is 0 Å². The van der Waals surface area contributed by atoms with Crippen LogP contribution in [0.3, 0.4) is 0 Å². The van der Waals surface area contributed by atoms with Crippen molar-refractivity contribution in [1.82, 2.24) is 5.43 Å². The van der Waals surface area contributed by atoms with Crippen LogP contribution in [0.15, 0.2) is 76.4 Å². The molecule has 1 N–H and O–H groups in total. The molecule has 1 aliphatic heterocycles. The lowest BCUT2D eigenvalue weighted by Crippen LogP contribution is -2.25. The van der Waals surface area contributed by atoms with Gasteiger partial charge >= 0.3 is 0 Å². The second-order valence-corrected chi connectivity index (χ2v) is 6.11. The Morgan fingerprint density at radius 3 is 2.62 bits per heavy atom. The number of ether oxygens (including phenoxy) is 1. The van der Waals surface area contributed by atoms with Crippen molar-refractivity contribution in [2.75, 3.05) is 0 Å². The summed E-state index contributed by atoms with van der Waals surface area (Å²) in [5.74, 6) is 1.04. The SMILES string of the molecule is Cc1occc1C(=O)N/N=C1/C[C@@H](c2ccccc2)Oc2ccccc21. The number of para-hydroxylation sites is 1. The van der Waals surface area contributed by atoms with Gasteiger partial charge in [0.2, 0.25) is 0 Å². The summed E-state index contributed by atoms with van der Waals surface area (Å²) >= 11 is 0. The topological polar surface area (TPSA) is 63.8 Å². The molecule has 5 nitrogen and oxygen atoms in total. The number of nitrogens with one attached hydrogen (secondary N) is 1. The zero-order valence-electron chi connectivity index (χ0n) is 14.3. The van der Waals surface area contributed by atoms with Crippen molar-refractivity contribution >= 4 is 11.6 Å². The van der Waals surface area contributed by atoms with Crippen LogP contribution in [-0.4, -0.2) is 11.6 Å². The number of carbonyl (C=O) groups is 1. The number of amides is 1. The Morgan fingerprint density at radius 1 is 1.08 bits per heavy atom. The fourth-order valence-corrected chi connectivity index (χ4v) is 3.05. The van der Waals surface area contributed by atoms with Crippen LogP contribution in [0.5, 0.6) is 5.75 Å². The minimum Gasteiger partial charge on any atom is -0.485 e. The van der Waals surface area contributed by atoms with E-state index in [1.165, 1.54) is 6.26 Å². The predicted octanol–water partition coefficient (Wildman–Crippen LogP) is 4.25. The Bertz CT molecular complexity index is 960. The van der Waals surface area contributed by atoms with E-state index in [4.69, 9.17) is 9.15 Å². The van der Waals surface area contributed by atoms with Gasteiger partial charge in [0.15, 0.2) is 0 Å². The molecule has 0 unspecified atom stereocenters. The normalized spacial score (nSPS) is 17.4. The number of hydrogen-bond donors (Lipinski definition) is 1. The first kappa shape index (κ1) is 16.1. The Hall–Kier alpha value is -3.34. The van der Waals surface area contributed by atoms with Crippen LogP contribution in [0, 0.1) is 6.92 Å². The predicted molar refractivity (Wildman–Crippen MR) is 98.3 cm³/mol. The van der Waals surface area contributed by atoms with Gasteiger partial charge in [-0.2, -0.15) is 5.10 Å². The van der Waals surface area contributed by atoms with Crippen molar-refractivity contribution in [3.8, 4) is 5.75 Å². The van der Waals surface area contributed by atoms with Gasteiger partial charge in [-0.1, -0.05) is 42.5 Å². The standard InChI is InChI=1S/C21H18N2O3/c1-14-16(11-12-25-14)21(24)23-22-18-13-20(15-7-3-2-4-8-15)26-19-10-6-5-9-17(18)19/h2-12,20H,13H2,1H3,(H,23,24)/b22-18-/t20-/m0/s1. The number of nitrogens with zero attached hydrogens (tertiary/aromatic N) is 1. The molecule has 2 heterocycles. The zero-order valence-corrected chi connectivity index (χ0v) is 14.3. The van der Waals surface area contributed by atoms with Crippen molar-refractivity contribution < 1.29 is 13.9 Å². The van der Waals surface area contributed by atoms with Gasteiger partial charge in [-0.25, -0.2) is 5.43 Å². The summed E-state index contributed by atoms with van der Waals surface area (Å²) in [5, 5.41) is 4.39. The van der Waals surface area contributed by atoms with Crippen LogP contribution in [0.4, 0.5) is 0 Å². The van der Waals surface area contributed by atoms with Crippen LogP contribution in [0.25, 0.3) is 0 Å². The molecule has 3 aromatic rings. The average Bonchev–Trinajstić information content (AvgIpc) is 3.12. The quantitative estimate of drug-likeness (QED) is 0.721. The first-order valence-corrected chi connectivity index (χ1v) is 8.44. The second kappa shape index (κ2) is 6.88. The number of carbonyl (C=O) groups excluding carboxylic acids is 1. The Morgan fingerprint density at radius 2 is 1.85 bits per heavy atom. The molecule has 0 spiro atoms. The second-order valence-electron chi connectivity index (χ2n) is 6.11. The molecule has 0 fully saturated rings. The van der Waals surface area contributed by atoms with E-state index in [1.807, 2.05) is 54.6 Å². The molecular formula is C21H18N2O3. The Kier molecular flexibility index (Phi) is 4.27. The van der Waals surface area contributed by atoms with E-state index in [9.17, 15) is 4.79 Å². The van der Waals surface area contributed by atoms with Crippen LogP contribution in [-0.2, 0) is 0 Å². The van der Waals surface area contributed by atoms with Gasteiger partial charge in [0.25, 0.3) is 5.91 Å². The van der Waals surface area contributed by atoms with Crippen LogP contribution in [0.2, 0.25) is 0 Å². The molecule has 1 amide bonds. The Balaban J connectivity index is 1.63. The van der Waals surface area contributed by atoms with Crippen molar-refractivity contribution in [2.45, 2.75) is 19.4 Å². The molecule has 1 atom stereocenters. The molecule has 1 aromatic heterocycles. The molecule has 26 heavy (non-hydrogen) atoms. The number of hydrazone groups is 1. The first-order valence-electron chi connectivity index (χ1n) is 8.44. The number of aryl methyl sites for hydroxylation is 1. The molecule has 4 rings (SSSR count). The number of benzene rings is 2. The van der Waals surface area contributed by atoms with Gasteiger partial charge in [-0.15, -0.1) is 0 Å². The summed E-state index contributed by atoms with van der Waals surface area (Å²) in [6, 6.07) is 19.4. The molecule has 0 radical (unpaired) electrons. The zero-order chi connectivity index (χ0) is 17.9. The molecule has 130 valence electrons. The van der Waals surface area contributed by atoms with Gasteiger partial charge < -0.3 is 9.15 Å². The lowest BCUT2D eigenvalue weighted by atomic mass is 9.96. The van der Waals surface area contributed by atoms with E-state index in [0.717, 1.165) is 22.6 Å². The third-order valence-electron chi connectivity index (χ3n) is 4.41. The van der Waals surface area contributed by atoms with Crippen molar-refractivity contribution in [2.24, 2.45) is 5.10 Å². The lowest BCUT2D eigenvalue weighted by Gasteiger charge is -2.27. The van der Waals surface area contributed by atoms with Crippen molar-refractivity contribution in [1.29, 1.82) is 0 Å². The fourth-order valence-electron chi connectivity index (χ4n) is 3.05. The van der Waals surface area contributed by atoms with Gasteiger partial charge in [0.1, 0.15) is 17.6 Å². The van der Waals surface area contributed by atoms with Crippen LogP contribution in [0.1, 0.15) is 39.8 Å². The molecule has 5 heteroatoms. The maximum atomic E-state index is 12.3. The third-order valence-corrected chi connectivity index (χ3v) is 4.41. The summed E-state index contributed by atoms with van der Waals surface area (Å²) < 4.78 is 11.3. The highest BCUT2D eigenvalue weighted by Gasteiger charge is 2.26. The number of furan rings is 1. The summed E-state index contributed by atoms with van der Waals surface area (Å²) in [6.45, 7) is 1.75. The summed E-state index contributed by atoms with van der Waals surface area (Å²) in [7, 11) is 0. The van der Waals surface area contributed by atoms with Gasteiger partial charge in [-0.05, 0) is 30.7 Å². The highest BCUT2D eigenvalue weighted by molar-refractivity contribution is 6.05. The van der Waals surface area contributed by atoms with Gasteiger partial charge in [0.05, 0.1) is 17.5 Å². The highest BCUT2D eigenvalue weighted by atomic mass is 16.5. The van der Waals surface area contributed by atoms with E-state index in [2.05, 4.69) is 10.5 Å². The van der Waals surface area contributed by atoms with Crippen LogP contribution < -0.4 is 10.2 Å². The van der Waals surface area contributed by atoms with Crippen molar-refractivity contribution in [3.63, 3.8) is 0 Å². The fraction of sp³-hybridized carbons (Fsp3) is 0.143. The maximum absolute atomic E-state index is 12.3. The highest BCUT2D eigenvalue weighted by Crippen LogP contribution is 2.34. The first-order chi connectivity index (χ1) is 12.7. The molecule has 2 aromatic carbocycles. The van der Waals surface area contributed by atoms with E-state index < -0.39 is 0 Å².